The molecule has 0 saturated carbocycles. The Morgan fingerprint density at radius 3 is 2.53 bits per heavy atom. The molecule has 2 aromatic rings. The van der Waals surface area contributed by atoms with Crippen LogP contribution >= 0.6 is 0 Å². The van der Waals surface area contributed by atoms with Gasteiger partial charge in [0, 0.05) is 17.9 Å². The number of hydrogen-bond donors (Lipinski definition) is 1. The Morgan fingerprint density at radius 1 is 1.07 bits per heavy atom. The molecule has 0 aromatic carbocycles. The molecule has 0 aliphatic heterocycles. The Hall–Kier alpha value is -1.78. The molecule has 78 valence electrons. The van der Waals surface area contributed by atoms with E-state index in [0.717, 1.165) is 0 Å². The van der Waals surface area contributed by atoms with Gasteiger partial charge in [-0.1, -0.05) is 0 Å². The molecule has 0 amide bonds. The van der Waals surface area contributed by atoms with Crippen molar-refractivity contribution >= 4 is 17.1 Å². The third-order valence-corrected chi connectivity index (χ3v) is 1.71. The summed E-state index contributed by atoms with van der Waals surface area (Å²) >= 11 is 0. The second kappa shape index (κ2) is 3.42. The van der Waals surface area contributed by atoms with Crippen LogP contribution in [0.25, 0.3) is 11.2 Å². The molecule has 5 nitrogen and oxygen atoms in total. The van der Waals surface area contributed by atoms with Crippen molar-refractivity contribution in [2.45, 2.75) is 26.3 Å². The van der Waals surface area contributed by atoms with Gasteiger partial charge in [0.25, 0.3) is 0 Å². The van der Waals surface area contributed by atoms with Gasteiger partial charge < -0.3 is 5.32 Å². The molecule has 15 heavy (non-hydrogen) atoms. The first-order valence-electron chi connectivity index (χ1n) is 4.76. The maximum Gasteiger partial charge on any atom is 0.225 e. The minimum Gasteiger partial charge on any atom is -0.350 e. The number of fused-ring (bicyclic) bond motifs is 1. The second-order valence-electron chi connectivity index (χ2n) is 4.33. The van der Waals surface area contributed by atoms with E-state index in [1.165, 1.54) is 0 Å². The maximum atomic E-state index is 4.26. The number of hydrogen-bond acceptors (Lipinski definition) is 5. The van der Waals surface area contributed by atoms with E-state index in [-0.39, 0.29) is 5.54 Å². The van der Waals surface area contributed by atoms with Crippen LogP contribution in [0.5, 0.6) is 0 Å². The van der Waals surface area contributed by atoms with Gasteiger partial charge in [0.05, 0.1) is 6.20 Å². The fourth-order valence-electron chi connectivity index (χ4n) is 1.17. The average Bonchev–Trinajstić information content (AvgIpc) is 2.15. The zero-order valence-corrected chi connectivity index (χ0v) is 9.02. The van der Waals surface area contributed by atoms with Crippen LogP contribution in [0.15, 0.2) is 18.6 Å². The van der Waals surface area contributed by atoms with Gasteiger partial charge in [0.15, 0.2) is 5.65 Å². The van der Waals surface area contributed by atoms with Gasteiger partial charge in [-0.05, 0) is 20.8 Å². The second-order valence-corrected chi connectivity index (χ2v) is 4.33. The SMILES string of the molecule is CC(C)(C)Nc1ncc2nccnc2n1. The summed E-state index contributed by atoms with van der Waals surface area (Å²) in [5, 5.41) is 3.18. The summed E-state index contributed by atoms with van der Waals surface area (Å²) in [5.74, 6) is 0.579. The summed E-state index contributed by atoms with van der Waals surface area (Å²) in [7, 11) is 0. The van der Waals surface area contributed by atoms with Crippen molar-refractivity contribution in [3.8, 4) is 0 Å². The lowest BCUT2D eigenvalue weighted by Crippen LogP contribution is -2.27. The van der Waals surface area contributed by atoms with Crippen LogP contribution in [0.3, 0.4) is 0 Å². The number of nitrogens with one attached hydrogen (secondary N) is 1. The van der Waals surface area contributed by atoms with E-state index in [1.807, 2.05) is 0 Å². The van der Waals surface area contributed by atoms with E-state index < -0.39 is 0 Å². The normalized spacial score (nSPS) is 11.7. The number of nitrogens with zero attached hydrogens (tertiary/aromatic N) is 4. The first-order chi connectivity index (χ1) is 7.04. The molecule has 2 rings (SSSR count). The molecule has 2 heterocycles. The predicted molar refractivity (Wildman–Crippen MR) is 58.5 cm³/mol. The van der Waals surface area contributed by atoms with Gasteiger partial charge in [-0.3, -0.25) is 0 Å². The Morgan fingerprint density at radius 2 is 1.80 bits per heavy atom. The summed E-state index contributed by atoms with van der Waals surface area (Å²) in [4.78, 5) is 16.7. The first kappa shape index (κ1) is 9.76. The van der Waals surface area contributed by atoms with Crippen LogP contribution in [0, 0.1) is 0 Å². The Balaban J connectivity index is 2.39. The summed E-state index contributed by atoms with van der Waals surface area (Å²) in [6.45, 7) is 6.16. The van der Waals surface area contributed by atoms with Gasteiger partial charge >= 0.3 is 0 Å². The van der Waals surface area contributed by atoms with Crippen molar-refractivity contribution < 1.29 is 0 Å². The van der Waals surface area contributed by atoms with Crippen molar-refractivity contribution in [2.24, 2.45) is 0 Å². The highest BCUT2D eigenvalue weighted by atomic mass is 15.1. The minimum atomic E-state index is -0.0596. The summed E-state index contributed by atoms with van der Waals surface area (Å²) < 4.78 is 0. The van der Waals surface area contributed by atoms with Crippen molar-refractivity contribution in [3.63, 3.8) is 0 Å². The zero-order chi connectivity index (χ0) is 10.9. The van der Waals surface area contributed by atoms with Crippen LogP contribution < -0.4 is 5.32 Å². The minimum absolute atomic E-state index is 0.0596. The Kier molecular flexibility index (Phi) is 2.22. The Labute approximate surface area is 88.0 Å². The molecule has 0 bridgehead atoms. The summed E-state index contributed by atoms with van der Waals surface area (Å²) in [5.41, 5.74) is 1.26. The van der Waals surface area contributed by atoms with Gasteiger partial charge in [-0.2, -0.15) is 4.98 Å². The van der Waals surface area contributed by atoms with Crippen LogP contribution in [0.2, 0.25) is 0 Å². The third-order valence-electron chi connectivity index (χ3n) is 1.71. The lowest BCUT2D eigenvalue weighted by molar-refractivity contribution is 0.626. The molecular formula is C10H13N5. The maximum absolute atomic E-state index is 4.26. The third kappa shape index (κ3) is 2.37. The summed E-state index contributed by atoms with van der Waals surface area (Å²) in [6, 6.07) is 0. The molecule has 0 fully saturated rings. The highest BCUT2D eigenvalue weighted by Gasteiger charge is 2.11. The van der Waals surface area contributed by atoms with Gasteiger partial charge in [-0.25, -0.2) is 15.0 Å². The number of anilines is 1. The largest absolute Gasteiger partial charge is 0.350 e. The molecule has 0 aliphatic carbocycles. The van der Waals surface area contributed by atoms with E-state index >= 15 is 0 Å². The highest BCUT2D eigenvalue weighted by Crippen LogP contribution is 2.11. The Bertz CT molecular complexity index is 474. The molecule has 2 aromatic heterocycles. The monoisotopic (exact) mass is 203 g/mol. The molecule has 5 heteroatoms. The topological polar surface area (TPSA) is 63.6 Å². The smallest absolute Gasteiger partial charge is 0.225 e. The molecule has 0 unspecified atom stereocenters. The molecule has 0 atom stereocenters. The average molecular weight is 203 g/mol. The van der Waals surface area contributed by atoms with Crippen molar-refractivity contribution in [2.75, 3.05) is 5.32 Å². The first-order valence-corrected chi connectivity index (χ1v) is 4.76. The molecular weight excluding hydrogens is 190 g/mol. The zero-order valence-electron chi connectivity index (χ0n) is 9.02. The molecule has 0 saturated heterocycles. The molecule has 0 aliphatic rings. The highest BCUT2D eigenvalue weighted by molar-refractivity contribution is 5.69. The molecule has 0 spiro atoms. The number of aromatic nitrogens is 4. The van der Waals surface area contributed by atoms with E-state index in [2.05, 4.69) is 46.0 Å². The van der Waals surface area contributed by atoms with Crippen molar-refractivity contribution in [1.82, 2.24) is 19.9 Å². The number of rotatable bonds is 1. The molecule has 1 N–H and O–H groups in total. The van der Waals surface area contributed by atoms with Crippen LogP contribution in [-0.4, -0.2) is 25.5 Å². The van der Waals surface area contributed by atoms with E-state index in [0.29, 0.717) is 17.1 Å². The van der Waals surface area contributed by atoms with Crippen molar-refractivity contribution in [1.29, 1.82) is 0 Å². The van der Waals surface area contributed by atoms with E-state index in [9.17, 15) is 0 Å². The van der Waals surface area contributed by atoms with Gasteiger partial charge in [-0.15, -0.1) is 0 Å². The summed E-state index contributed by atoms with van der Waals surface area (Å²) in [6.07, 6.45) is 4.92. The quantitative estimate of drug-likeness (QED) is 0.763. The van der Waals surface area contributed by atoms with Crippen molar-refractivity contribution in [3.05, 3.63) is 18.6 Å². The molecule has 0 radical (unpaired) electrons. The van der Waals surface area contributed by atoms with Crippen LogP contribution in [0.4, 0.5) is 5.95 Å². The van der Waals surface area contributed by atoms with E-state index in [1.54, 1.807) is 18.6 Å². The van der Waals surface area contributed by atoms with Gasteiger partial charge in [0.1, 0.15) is 5.52 Å². The standard InChI is InChI=1S/C10H13N5/c1-10(2,3)15-9-13-6-7-8(14-9)12-5-4-11-7/h4-6H,1-3H3,(H,12,13,14,15). The predicted octanol–water partition coefficient (Wildman–Crippen LogP) is 1.63. The van der Waals surface area contributed by atoms with Gasteiger partial charge in [0.2, 0.25) is 5.95 Å². The van der Waals surface area contributed by atoms with Crippen LogP contribution in [0.1, 0.15) is 20.8 Å². The fraction of sp³-hybridized carbons (Fsp3) is 0.400. The fourth-order valence-corrected chi connectivity index (χ4v) is 1.17. The van der Waals surface area contributed by atoms with Crippen LogP contribution in [-0.2, 0) is 0 Å². The lowest BCUT2D eigenvalue weighted by atomic mass is 10.1. The lowest BCUT2D eigenvalue weighted by Gasteiger charge is -2.20. The van der Waals surface area contributed by atoms with E-state index in [4.69, 9.17) is 0 Å².